The third-order valence-corrected chi connectivity index (χ3v) is 5.22. The molecule has 0 N–H and O–H groups in total. The Morgan fingerprint density at radius 1 is 1.13 bits per heavy atom. The highest BCUT2D eigenvalue weighted by atomic mass is 35.5. The molecule has 7 nitrogen and oxygen atoms in total. The second-order valence-corrected chi connectivity index (χ2v) is 7.23. The summed E-state index contributed by atoms with van der Waals surface area (Å²) < 4.78 is 12.2. The van der Waals surface area contributed by atoms with E-state index in [1.54, 1.807) is 54.4 Å². The van der Waals surface area contributed by atoms with Crippen LogP contribution in [0.1, 0.15) is 5.56 Å². The molecule has 0 aliphatic heterocycles. The number of nitrogens with zero attached hydrogens (tertiary/aromatic N) is 4. The lowest BCUT2D eigenvalue weighted by atomic mass is 9.99. The predicted molar refractivity (Wildman–Crippen MR) is 116 cm³/mol. The van der Waals surface area contributed by atoms with Crippen LogP contribution in [0.25, 0.3) is 39.0 Å². The van der Waals surface area contributed by atoms with Gasteiger partial charge in [0.2, 0.25) is 0 Å². The molecule has 0 aliphatic carbocycles. The number of halogens is 1. The molecule has 3 aromatic heterocycles. The predicted octanol–water partition coefficient (Wildman–Crippen LogP) is 4.70. The number of benzene rings is 2. The normalized spacial score (nSPS) is 11.0. The van der Waals surface area contributed by atoms with Gasteiger partial charge in [-0.15, -0.1) is 0 Å². The number of rotatable bonds is 3. The lowest BCUT2D eigenvalue weighted by molar-refractivity contribution is 0.415. The summed E-state index contributed by atoms with van der Waals surface area (Å²) in [5.41, 5.74) is 2.75. The molecule has 0 bridgehead atoms. The molecule has 0 saturated heterocycles. The van der Waals surface area contributed by atoms with E-state index in [0.717, 1.165) is 11.3 Å². The SMILES string of the molecule is COc1ccc2oc(=O)c(C#N)c(-c3cnc4cc(-c5ccc(Cl)cc5)nn4c3)c2c1. The molecule has 31 heavy (non-hydrogen) atoms. The molecule has 0 aliphatic rings. The first kappa shape index (κ1) is 18.9. The van der Waals surface area contributed by atoms with Crippen molar-refractivity contribution in [3.63, 3.8) is 0 Å². The van der Waals surface area contributed by atoms with Gasteiger partial charge in [-0.3, -0.25) is 0 Å². The summed E-state index contributed by atoms with van der Waals surface area (Å²) in [6, 6.07) is 16.2. The quantitative estimate of drug-likeness (QED) is 0.386. The van der Waals surface area contributed by atoms with Crippen LogP contribution >= 0.6 is 11.6 Å². The van der Waals surface area contributed by atoms with Crippen molar-refractivity contribution in [3.05, 3.63) is 81.9 Å². The van der Waals surface area contributed by atoms with Crippen molar-refractivity contribution in [1.29, 1.82) is 5.26 Å². The number of ether oxygens (including phenoxy) is 1. The fraction of sp³-hybridized carbons (Fsp3) is 0.0435. The largest absolute Gasteiger partial charge is 0.497 e. The first-order valence-corrected chi connectivity index (χ1v) is 9.62. The van der Waals surface area contributed by atoms with Crippen molar-refractivity contribution in [2.45, 2.75) is 0 Å². The van der Waals surface area contributed by atoms with Gasteiger partial charge < -0.3 is 9.15 Å². The molecule has 0 saturated carbocycles. The van der Waals surface area contributed by atoms with E-state index in [2.05, 4.69) is 10.1 Å². The number of aromatic nitrogens is 3. The maximum Gasteiger partial charge on any atom is 0.354 e. The van der Waals surface area contributed by atoms with Gasteiger partial charge in [-0.25, -0.2) is 14.3 Å². The average molecular weight is 429 g/mol. The highest BCUT2D eigenvalue weighted by Crippen LogP contribution is 2.32. The smallest absolute Gasteiger partial charge is 0.354 e. The van der Waals surface area contributed by atoms with E-state index in [-0.39, 0.29) is 5.56 Å². The molecule has 0 amide bonds. The van der Waals surface area contributed by atoms with Gasteiger partial charge in [0.15, 0.2) is 5.65 Å². The lowest BCUT2D eigenvalue weighted by Crippen LogP contribution is -2.07. The van der Waals surface area contributed by atoms with Gasteiger partial charge in [0.25, 0.3) is 0 Å². The van der Waals surface area contributed by atoms with Crippen LogP contribution in [0.15, 0.2) is 70.1 Å². The molecule has 2 aromatic carbocycles. The van der Waals surface area contributed by atoms with E-state index in [1.165, 1.54) is 0 Å². The maximum atomic E-state index is 12.4. The van der Waals surface area contributed by atoms with E-state index in [0.29, 0.717) is 38.5 Å². The molecule has 0 spiro atoms. The standard InChI is InChI=1S/C23H13ClN4O3/c1-30-16-6-7-20-17(8-16)22(18(10-25)23(29)31-20)14-11-26-21-9-19(27-28(21)12-14)13-2-4-15(24)5-3-13/h2-9,11-12H,1H3. The highest BCUT2D eigenvalue weighted by molar-refractivity contribution is 6.30. The third-order valence-electron chi connectivity index (χ3n) is 4.97. The minimum absolute atomic E-state index is 0.105. The number of fused-ring (bicyclic) bond motifs is 2. The van der Waals surface area contributed by atoms with Gasteiger partial charge in [-0.2, -0.15) is 10.4 Å². The van der Waals surface area contributed by atoms with E-state index in [9.17, 15) is 10.1 Å². The average Bonchev–Trinajstić information content (AvgIpc) is 3.21. The Kier molecular flexibility index (Phi) is 4.42. The molecule has 3 heterocycles. The van der Waals surface area contributed by atoms with Crippen molar-refractivity contribution >= 4 is 28.2 Å². The van der Waals surface area contributed by atoms with Gasteiger partial charge in [0, 0.05) is 45.6 Å². The Hall–Kier alpha value is -4.15. The zero-order valence-electron chi connectivity index (χ0n) is 16.2. The number of nitriles is 1. The van der Waals surface area contributed by atoms with E-state index < -0.39 is 5.63 Å². The zero-order chi connectivity index (χ0) is 21.5. The number of hydrogen-bond donors (Lipinski definition) is 0. The van der Waals surface area contributed by atoms with E-state index in [1.807, 2.05) is 24.3 Å². The van der Waals surface area contributed by atoms with Crippen LogP contribution in [0.3, 0.4) is 0 Å². The Morgan fingerprint density at radius 2 is 1.94 bits per heavy atom. The third kappa shape index (κ3) is 3.19. The monoisotopic (exact) mass is 428 g/mol. The lowest BCUT2D eigenvalue weighted by Gasteiger charge is -2.09. The Morgan fingerprint density at radius 3 is 2.68 bits per heavy atom. The van der Waals surface area contributed by atoms with Crippen LogP contribution < -0.4 is 10.4 Å². The number of hydrogen-bond acceptors (Lipinski definition) is 6. The minimum Gasteiger partial charge on any atom is -0.497 e. The van der Waals surface area contributed by atoms with Crippen LogP contribution in [0.5, 0.6) is 5.75 Å². The van der Waals surface area contributed by atoms with Crippen molar-refractivity contribution in [2.75, 3.05) is 7.11 Å². The van der Waals surface area contributed by atoms with Crippen LogP contribution in [-0.4, -0.2) is 21.7 Å². The summed E-state index contributed by atoms with van der Waals surface area (Å²) in [7, 11) is 1.54. The molecule has 0 unspecified atom stereocenters. The summed E-state index contributed by atoms with van der Waals surface area (Å²) in [5.74, 6) is 0.574. The van der Waals surface area contributed by atoms with Crippen molar-refractivity contribution < 1.29 is 9.15 Å². The second-order valence-electron chi connectivity index (χ2n) is 6.80. The molecule has 0 fully saturated rings. The maximum absolute atomic E-state index is 12.4. The summed E-state index contributed by atoms with van der Waals surface area (Å²) in [4.78, 5) is 16.9. The first-order chi connectivity index (χ1) is 15.1. The fourth-order valence-electron chi connectivity index (χ4n) is 3.48. The van der Waals surface area contributed by atoms with Crippen molar-refractivity contribution in [2.24, 2.45) is 0 Å². The van der Waals surface area contributed by atoms with Gasteiger partial charge >= 0.3 is 5.63 Å². The molecule has 150 valence electrons. The zero-order valence-corrected chi connectivity index (χ0v) is 16.9. The first-order valence-electron chi connectivity index (χ1n) is 9.24. The van der Waals surface area contributed by atoms with Gasteiger partial charge in [0.05, 0.1) is 12.8 Å². The summed E-state index contributed by atoms with van der Waals surface area (Å²) in [6.45, 7) is 0. The summed E-state index contributed by atoms with van der Waals surface area (Å²) >= 11 is 5.97. The van der Waals surface area contributed by atoms with E-state index in [4.69, 9.17) is 20.8 Å². The van der Waals surface area contributed by atoms with Crippen LogP contribution in [0.2, 0.25) is 5.02 Å². The summed E-state index contributed by atoms with van der Waals surface area (Å²) in [6.07, 6.45) is 3.34. The molecule has 0 radical (unpaired) electrons. The van der Waals surface area contributed by atoms with Crippen LogP contribution in [-0.2, 0) is 0 Å². The molecule has 8 heteroatoms. The van der Waals surface area contributed by atoms with Crippen molar-refractivity contribution in [1.82, 2.24) is 14.6 Å². The topological polar surface area (TPSA) is 93.4 Å². The molecule has 5 aromatic rings. The molecule has 5 rings (SSSR count). The van der Waals surface area contributed by atoms with Gasteiger partial charge in [0.1, 0.15) is 23.0 Å². The second kappa shape index (κ2) is 7.27. The Labute approximate surface area is 180 Å². The minimum atomic E-state index is -0.711. The summed E-state index contributed by atoms with van der Waals surface area (Å²) in [5, 5.41) is 15.4. The highest BCUT2D eigenvalue weighted by Gasteiger charge is 2.18. The van der Waals surface area contributed by atoms with Crippen molar-refractivity contribution in [3.8, 4) is 34.2 Å². The van der Waals surface area contributed by atoms with Crippen LogP contribution in [0.4, 0.5) is 0 Å². The number of methoxy groups -OCH3 is 1. The Balaban J connectivity index is 1.74. The fourth-order valence-corrected chi connectivity index (χ4v) is 3.60. The van der Waals surface area contributed by atoms with E-state index >= 15 is 0 Å². The Bertz CT molecular complexity index is 1560. The van der Waals surface area contributed by atoms with Crippen LogP contribution in [0, 0.1) is 11.3 Å². The molecular weight excluding hydrogens is 416 g/mol. The molecular formula is C23H13ClN4O3. The van der Waals surface area contributed by atoms with Gasteiger partial charge in [-0.1, -0.05) is 23.7 Å². The van der Waals surface area contributed by atoms with Gasteiger partial charge in [-0.05, 0) is 30.3 Å². The molecule has 0 atom stereocenters.